The van der Waals surface area contributed by atoms with Gasteiger partial charge in [0.2, 0.25) is 5.95 Å². The monoisotopic (exact) mass is 345 g/mol. The second-order valence-corrected chi connectivity index (χ2v) is 7.79. The number of aromatic nitrogens is 2. The van der Waals surface area contributed by atoms with Crippen LogP contribution in [0.25, 0.3) is 0 Å². The topological polar surface area (TPSA) is 46.1 Å². The maximum Gasteiger partial charge on any atom is 0.225 e. The minimum atomic E-state index is 0.639. The van der Waals surface area contributed by atoms with Gasteiger partial charge in [0.05, 0.1) is 0 Å². The summed E-state index contributed by atoms with van der Waals surface area (Å²) in [4.78, 5) is 20.9. The second-order valence-electron chi connectivity index (χ2n) is 7.79. The van der Waals surface area contributed by atoms with E-state index < -0.39 is 0 Å². The summed E-state index contributed by atoms with van der Waals surface area (Å²) in [7, 11) is 0. The summed E-state index contributed by atoms with van der Waals surface area (Å²) in [6.07, 6.45) is 15.0. The van der Waals surface area contributed by atoms with Crippen LogP contribution in [0, 0.1) is 11.8 Å². The summed E-state index contributed by atoms with van der Waals surface area (Å²) >= 11 is 0. The molecule has 0 N–H and O–H groups in total. The average Bonchev–Trinajstić information content (AvgIpc) is 2.69. The molecule has 0 amide bonds. The summed E-state index contributed by atoms with van der Waals surface area (Å²) in [6, 6.07) is 0. The Balaban J connectivity index is 0.000000511. The number of hydrogen-bond acceptors (Lipinski definition) is 4. The molecule has 0 unspecified atom stereocenters. The van der Waals surface area contributed by atoms with Crippen molar-refractivity contribution >= 4 is 12.2 Å². The molecule has 1 aliphatic carbocycles. The van der Waals surface area contributed by atoms with Crippen LogP contribution < -0.4 is 4.90 Å². The molecule has 4 nitrogen and oxygen atoms in total. The highest BCUT2D eigenvalue weighted by Crippen LogP contribution is 2.32. The Bertz CT molecular complexity index is 486. The molecule has 25 heavy (non-hydrogen) atoms. The largest absolute Gasteiger partial charge is 0.341 e. The van der Waals surface area contributed by atoms with E-state index in [1.54, 1.807) is 0 Å². The van der Waals surface area contributed by atoms with Crippen LogP contribution in [0.3, 0.4) is 0 Å². The Morgan fingerprint density at radius 1 is 1.08 bits per heavy atom. The van der Waals surface area contributed by atoms with Gasteiger partial charge in [-0.25, -0.2) is 9.97 Å². The number of anilines is 1. The van der Waals surface area contributed by atoms with E-state index in [0.29, 0.717) is 12.3 Å². The van der Waals surface area contributed by atoms with Crippen LogP contribution in [0.1, 0.15) is 83.6 Å². The molecule has 140 valence electrons. The average molecular weight is 346 g/mol. The zero-order valence-corrected chi connectivity index (χ0v) is 16.3. The minimum absolute atomic E-state index is 0.639. The molecule has 2 fully saturated rings. The highest BCUT2D eigenvalue weighted by atomic mass is 16.1. The zero-order chi connectivity index (χ0) is 18.1. The maximum atomic E-state index is 9.17. The van der Waals surface area contributed by atoms with Crippen molar-refractivity contribution in [2.75, 3.05) is 18.0 Å². The van der Waals surface area contributed by atoms with Crippen LogP contribution in [0.5, 0.6) is 0 Å². The molecule has 0 atom stereocenters. The fraction of sp³-hybridized carbons (Fsp3) is 0.762. The van der Waals surface area contributed by atoms with Crippen LogP contribution in [0.4, 0.5) is 5.95 Å². The van der Waals surface area contributed by atoms with Gasteiger partial charge in [-0.15, -0.1) is 0 Å². The number of aldehydes is 1. The zero-order valence-electron chi connectivity index (χ0n) is 16.3. The van der Waals surface area contributed by atoms with Gasteiger partial charge < -0.3 is 9.69 Å². The molecule has 0 bridgehead atoms. The van der Waals surface area contributed by atoms with Gasteiger partial charge in [0.25, 0.3) is 0 Å². The molecule has 1 saturated heterocycles. The van der Waals surface area contributed by atoms with E-state index in [1.807, 2.05) is 6.92 Å². The summed E-state index contributed by atoms with van der Waals surface area (Å²) in [6.45, 7) is 8.73. The van der Waals surface area contributed by atoms with Gasteiger partial charge in [-0.2, -0.15) is 0 Å². The van der Waals surface area contributed by atoms with Crippen molar-refractivity contribution in [2.45, 2.75) is 78.1 Å². The van der Waals surface area contributed by atoms with Crippen LogP contribution in [0.2, 0.25) is 0 Å². The molecule has 1 saturated carbocycles. The van der Waals surface area contributed by atoms with Gasteiger partial charge in [-0.3, -0.25) is 0 Å². The van der Waals surface area contributed by atoms with Crippen molar-refractivity contribution in [2.24, 2.45) is 11.8 Å². The third kappa shape index (κ3) is 6.09. The van der Waals surface area contributed by atoms with Crippen LogP contribution >= 0.6 is 0 Å². The van der Waals surface area contributed by atoms with Crippen molar-refractivity contribution in [1.82, 2.24) is 9.97 Å². The van der Waals surface area contributed by atoms with E-state index in [0.717, 1.165) is 37.2 Å². The van der Waals surface area contributed by atoms with E-state index in [4.69, 9.17) is 0 Å². The SMILES string of the molecule is CC(C)C1CCN(c2ncc(C3CCCCC3)cn2)CC1.CCC=O. The molecular formula is C21H35N3O. The lowest BCUT2D eigenvalue weighted by Crippen LogP contribution is -2.36. The van der Waals surface area contributed by atoms with E-state index in [1.165, 1.54) is 50.5 Å². The molecule has 3 rings (SSSR count). The van der Waals surface area contributed by atoms with Gasteiger partial charge in [-0.05, 0) is 49.0 Å². The Hall–Kier alpha value is -1.45. The summed E-state index contributed by atoms with van der Waals surface area (Å²) in [5.41, 5.74) is 1.36. The molecule has 1 aliphatic heterocycles. The summed E-state index contributed by atoms with van der Waals surface area (Å²) < 4.78 is 0. The number of piperidine rings is 1. The smallest absolute Gasteiger partial charge is 0.225 e. The first kappa shape index (κ1) is 19.9. The number of carbonyl (C=O) groups is 1. The summed E-state index contributed by atoms with van der Waals surface area (Å²) in [5.74, 6) is 3.33. The first-order valence-corrected chi connectivity index (χ1v) is 10.2. The quantitative estimate of drug-likeness (QED) is 0.721. The number of carbonyl (C=O) groups excluding carboxylic acids is 1. The third-order valence-corrected chi connectivity index (χ3v) is 5.67. The van der Waals surface area contributed by atoms with Crippen molar-refractivity contribution in [3.05, 3.63) is 18.0 Å². The van der Waals surface area contributed by atoms with Crippen molar-refractivity contribution in [3.63, 3.8) is 0 Å². The number of hydrogen-bond donors (Lipinski definition) is 0. The number of rotatable bonds is 4. The first-order valence-electron chi connectivity index (χ1n) is 10.2. The van der Waals surface area contributed by atoms with Gasteiger partial charge >= 0.3 is 0 Å². The molecule has 0 spiro atoms. The fourth-order valence-electron chi connectivity index (χ4n) is 3.91. The predicted octanol–water partition coefficient (Wildman–Crippen LogP) is 4.99. The predicted molar refractivity (Wildman–Crippen MR) is 104 cm³/mol. The fourth-order valence-corrected chi connectivity index (χ4v) is 3.91. The van der Waals surface area contributed by atoms with E-state index in [-0.39, 0.29) is 0 Å². The lowest BCUT2D eigenvalue weighted by molar-refractivity contribution is -0.107. The van der Waals surface area contributed by atoms with Gasteiger partial charge in [0, 0.05) is 31.9 Å². The molecule has 4 heteroatoms. The second kappa shape index (κ2) is 10.5. The molecule has 2 heterocycles. The summed E-state index contributed by atoms with van der Waals surface area (Å²) in [5, 5.41) is 0. The highest BCUT2D eigenvalue weighted by molar-refractivity contribution is 5.48. The van der Waals surface area contributed by atoms with Gasteiger partial charge in [-0.1, -0.05) is 40.0 Å². The standard InChI is InChI=1S/C18H29N3.C3H6O/c1-14(2)15-8-10-21(11-9-15)18-19-12-17(13-20-18)16-6-4-3-5-7-16;1-2-3-4/h12-16H,3-11H2,1-2H3;3H,2H2,1H3. The molecule has 0 radical (unpaired) electrons. The molecule has 1 aromatic rings. The Morgan fingerprint density at radius 3 is 2.12 bits per heavy atom. The van der Waals surface area contributed by atoms with Gasteiger partial charge in [0.1, 0.15) is 6.29 Å². The van der Waals surface area contributed by atoms with Crippen molar-refractivity contribution in [3.8, 4) is 0 Å². The van der Waals surface area contributed by atoms with E-state index >= 15 is 0 Å². The molecular weight excluding hydrogens is 310 g/mol. The van der Waals surface area contributed by atoms with Crippen LogP contribution in [-0.2, 0) is 4.79 Å². The first-order chi connectivity index (χ1) is 12.2. The molecule has 2 aliphatic rings. The Kier molecular flexibility index (Phi) is 8.36. The lowest BCUT2D eigenvalue weighted by atomic mass is 9.85. The van der Waals surface area contributed by atoms with E-state index in [9.17, 15) is 4.79 Å². The van der Waals surface area contributed by atoms with Crippen molar-refractivity contribution in [1.29, 1.82) is 0 Å². The maximum absolute atomic E-state index is 9.17. The minimum Gasteiger partial charge on any atom is -0.341 e. The van der Waals surface area contributed by atoms with Crippen LogP contribution in [-0.4, -0.2) is 29.3 Å². The van der Waals surface area contributed by atoms with Crippen LogP contribution in [0.15, 0.2) is 12.4 Å². The van der Waals surface area contributed by atoms with Crippen molar-refractivity contribution < 1.29 is 4.79 Å². The lowest BCUT2D eigenvalue weighted by Gasteiger charge is -2.34. The normalized spacial score (nSPS) is 19.4. The van der Waals surface area contributed by atoms with E-state index in [2.05, 4.69) is 41.1 Å². The number of nitrogens with zero attached hydrogens (tertiary/aromatic N) is 3. The third-order valence-electron chi connectivity index (χ3n) is 5.67. The molecule has 0 aromatic carbocycles. The highest BCUT2D eigenvalue weighted by Gasteiger charge is 2.23. The Morgan fingerprint density at radius 2 is 1.64 bits per heavy atom. The van der Waals surface area contributed by atoms with Gasteiger partial charge in [0.15, 0.2) is 0 Å². The Labute approximate surface area is 153 Å². The molecule has 1 aromatic heterocycles.